The number of carbonyl (C=O) groups is 2. The summed E-state index contributed by atoms with van der Waals surface area (Å²) in [5, 5.41) is 0.592. The number of hydrogen-bond acceptors (Lipinski definition) is 3. The molecule has 0 bridgehead atoms. The first-order valence-electron chi connectivity index (χ1n) is 5.67. The fourth-order valence-corrected chi connectivity index (χ4v) is 1.73. The lowest BCUT2D eigenvalue weighted by Gasteiger charge is -2.04. The first kappa shape index (κ1) is 13.3. The molecule has 2 aromatic carbocycles. The summed E-state index contributed by atoms with van der Waals surface area (Å²) in [7, 11) is 0. The van der Waals surface area contributed by atoms with Crippen molar-refractivity contribution in [1.29, 1.82) is 0 Å². The summed E-state index contributed by atoms with van der Waals surface area (Å²) in [6.45, 7) is 0.00444. The average Bonchev–Trinajstić information content (AvgIpc) is 2.46. The summed E-state index contributed by atoms with van der Waals surface area (Å²) in [5.41, 5.74) is 1.13. The van der Waals surface area contributed by atoms with E-state index in [0.29, 0.717) is 28.2 Å². The van der Waals surface area contributed by atoms with Gasteiger partial charge in [-0.05, 0) is 48.5 Å². The highest BCUT2D eigenvalue weighted by molar-refractivity contribution is 6.30. The molecule has 0 aliphatic carbocycles. The average molecular weight is 275 g/mol. The van der Waals surface area contributed by atoms with E-state index in [0.717, 1.165) is 0 Å². The van der Waals surface area contributed by atoms with Gasteiger partial charge < -0.3 is 4.74 Å². The highest BCUT2D eigenvalue weighted by Gasteiger charge is 2.08. The lowest BCUT2D eigenvalue weighted by Crippen LogP contribution is -2.02. The molecule has 2 aromatic rings. The number of rotatable bonds is 5. The lowest BCUT2D eigenvalue weighted by molar-refractivity contribution is -0.109. The van der Waals surface area contributed by atoms with Crippen molar-refractivity contribution in [2.45, 2.75) is 0 Å². The van der Waals surface area contributed by atoms with E-state index in [9.17, 15) is 9.59 Å². The Morgan fingerprint density at radius 1 is 1.00 bits per heavy atom. The molecule has 3 nitrogen and oxygen atoms in total. The summed E-state index contributed by atoms with van der Waals surface area (Å²) in [6, 6.07) is 13.4. The number of aldehydes is 1. The molecular formula is C15H11ClO3. The smallest absolute Gasteiger partial charge is 0.193 e. The Balaban J connectivity index is 2.15. The first-order valence-corrected chi connectivity index (χ1v) is 6.05. The van der Waals surface area contributed by atoms with Crippen molar-refractivity contribution in [1.82, 2.24) is 0 Å². The minimum atomic E-state index is -0.0846. The van der Waals surface area contributed by atoms with Gasteiger partial charge in [-0.25, -0.2) is 0 Å². The van der Waals surface area contributed by atoms with Gasteiger partial charge in [-0.2, -0.15) is 0 Å². The van der Waals surface area contributed by atoms with Crippen molar-refractivity contribution < 1.29 is 14.3 Å². The summed E-state index contributed by atoms with van der Waals surface area (Å²) in [6.07, 6.45) is 0.673. The van der Waals surface area contributed by atoms with Crippen molar-refractivity contribution in [2.75, 3.05) is 6.61 Å². The SMILES string of the molecule is O=CCOc1ccc(C(=O)c2ccc(Cl)cc2)cc1. The summed E-state index contributed by atoms with van der Waals surface area (Å²) in [4.78, 5) is 22.3. The predicted octanol–water partition coefficient (Wildman–Crippen LogP) is 3.15. The zero-order valence-electron chi connectivity index (χ0n) is 10.0. The van der Waals surface area contributed by atoms with Crippen molar-refractivity contribution in [3.63, 3.8) is 0 Å². The van der Waals surface area contributed by atoms with Gasteiger partial charge in [0, 0.05) is 16.1 Å². The second-order valence-electron chi connectivity index (χ2n) is 3.84. The van der Waals surface area contributed by atoms with Crippen LogP contribution in [0.25, 0.3) is 0 Å². The van der Waals surface area contributed by atoms with E-state index < -0.39 is 0 Å². The number of hydrogen-bond donors (Lipinski definition) is 0. The van der Waals surface area contributed by atoms with Crippen LogP contribution in [0.2, 0.25) is 5.02 Å². The molecule has 0 aliphatic rings. The monoisotopic (exact) mass is 274 g/mol. The van der Waals surface area contributed by atoms with Gasteiger partial charge in [0.05, 0.1) is 0 Å². The fourth-order valence-electron chi connectivity index (χ4n) is 1.60. The molecule has 0 amide bonds. The van der Waals surface area contributed by atoms with E-state index in [-0.39, 0.29) is 12.4 Å². The van der Waals surface area contributed by atoms with E-state index in [1.165, 1.54) is 0 Å². The third-order valence-electron chi connectivity index (χ3n) is 2.54. The molecule has 0 aromatic heterocycles. The molecule has 0 atom stereocenters. The minimum Gasteiger partial charge on any atom is -0.486 e. The largest absolute Gasteiger partial charge is 0.486 e. The molecule has 0 spiro atoms. The van der Waals surface area contributed by atoms with Crippen molar-refractivity contribution >= 4 is 23.7 Å². The summed E-state index contributed by atoms with van der Waals surface area (Å²) in [5.74, 6) is 0.471. The Labute approximate surface area is 115 Å². The maximum Gasteiger partial charge on any atom is 0.193 e. The van der Waals surface area contributed by atoms with Crippen LogP contribution in [0, 0.1) is 0 Å². The standard InChI is InChI=1S/C15H11ClO3/c16-13-5-1-11(2-6-13)15(18)12-3-7-14(8-4-12)19-10-9-17/h1-9H,10H2. The second-order valence-corrected chi connectivity index (χ2v) is 4.27. The molecule has 0 unspecified atom stereocenters. The van der Waals surface area contributed by atoms with E-state index >= 15 is 0 Å². The Bertz CT molecular complexity index is 573. The van der Waals surface area contributed by atoms with Crippen LogP contribution < -0.4 is 4.74 Å². The fraction of sp³-hybridized carbons (Fsp3) is 0.0667. The number of ether oxygens (including phenoxy) is 1. The van der Waals surface area contributed by atoms with Crippen LogP contribution in [0.5, 0.6) is 5.75 Å². The molecule has 0 N–H and O–H groups in total. The number of ketones is 1. The van der Waals surface area contributed by atoms with Gasteiger partial charge in [-0.1, -0.05) is 11.6 Å². The third kappa shape index (κ3) is 3.42. The highest BCUT2D eigenvalue weighted by atomic mass is 35.5. The van der Waals surface area contributed by atoms with E-state index in [1.54, 1.807) is 48.5 Å². The van der Waals surface area contributed by atoms with Gasteiger partial charge >= 0.3 is 0 Å². The van der Waals surface area contributed by atoms with Crippen molar-refractivity contribution in [3.05, 3.63) is 64.7 Å². The third-order valence-corrected chi connectivity index (χ3v) is 2.79. The molecule has 0 heterocycles. The van der Waals surface area contributed by atoms with Gasteiger partial charge in [-0.15, -0.1) is 0 Å². The van der Waals surface area contributed by atoms with Crippen LogP contribution in [-0.4, -0.2) is 18.7 Å². The number of carbonyl (C=O) groups excluding carboxylic acids is 2. The van der Waals surface area contributed by atoms with Gasteiger partial charge in [0.15, 0.2) is 12.1 Å². The van der Waals surface area contributed by atoms with Gasteiger partial charge in [0.2, 0.25) is 0 Å². The molecule has 0 aliphatic heterocycles. The van der Waals surface area contributed by atoms with E-state index in [1.807, 2.05) is 0 Å². The van der Waals surface area contributed by atoms with Crippen molar-refractivity contribution in [3.8, 4) is 5.75 Å². The quantitative estimate of drug-likeness (QED) is 0.621. The second kappa shape index (κ2) is 6.16. The zero-order chi connectivity index (χ0) is 13.7. The van der Waals surface area contributed by atoms with Gasteiger partial charge in [-0.3, -0.25) is 9.59 Å². The van der Waals surface area contributed by atoms with Crippen LogP contribution >= 0.6 is 11.6 Å². The molecule has 2 rings (SSSR count). The predicted molar refractivity (Wildman–Crippen MR) is 72.9 cm³/mol. The number of benzene rings is 2. The normalized spacial score (nSPS) is 9.95. The Kier molecular flexibility index (Phi) is 4.31. The number of halogens is 1. The zero-order valence-corrected chi connectivity index (χ0v) is 10.8. The van der Waals surface area contributed by atoms with Gasteiger partial charge in [0.25, 0.3) is 0 Å². The molecule has 4 heteroatoms. The summed E-state index contributed by atoms with van der Waals surface area (Å²) < 4.78 is 5.11. The molecular weight excluding hydrogens is 264 g/mol. The molecule has 0 saturated heterocycles. The molecule has 0 radical (unpaired) electrons. The Morgan fingerprint density at radius 2 is 1.53 bits per heavy atom. The molecule has 0 fully saturated rings. The van der Waals surface area contributed by atoms with Crippen LogP contribution in [0.15, 0.2) is 48.5 Å². The van der Waals surface area contributed by atoms with Crippen LogP contribution in [0.4, 0.5) is 0 Å². The van der Waals surface area contributed by atoms with Crippen LogP contribution in [-0.2, 0) is 4.79 Å². The first-order chi connectivity index (χ1) is 9.20. The van der Waals surface area contributed by atoms with Crippen LogP contribution in [0.3, 0.4) is 0 Å². The van der Waals surface area contributed by atoms with E-state index in [4.69, 9.17) is 16.3 Å². The minimum absolute atomic E-state index is 0.00444. The maximum atomic E-state index is 12.1. The molecule has 19 heavy (non-hydrogen) atoms. The van der Waals surface area contributed by atoms with Gasteiger partial charge in [0.1, 0.15) is 12.4 Å². The van der Waals surface area contributed by atoms with E-state index in [2.05, 4.69) is 0 Å². The lowest BCUT2D eigenvalue weighted by atomic mass is 10.0. The molecule has 0 saturated carbocycles. The Morgan fingerprint density at radius 3 is 2.05 bits per heavy atom. The van der Waals surface area contributed by atoms with Crippen molar-refractivity contribution in [2.24, 2.45) is 0 Å². The highest BCUT2D eigenvalue weighted by Crippen LogP contribution is 2.17. The molecule has 96 valence electrons. The topological polar surface area (TPSA) is 43.4 Å². The Hall–Kier alpha value is -2.13. The summed E-state index contributed by atoms with van der Waals surface area (Å²) >= 11 is 5.78. The van der Waals surface area contributed by atoms with Crippen LogP contribution in [0.1, 0.15) is 15.9 Å². The maximum absolute atomic E-state index is 12.1.